The Bertz CT molecular complexity index is 972. The number of hydrogen-bond donors (Lipinski definition) is 3. The molecular weight excluding hydrogens is 560 g/mol. The van der Waals surface area contributed by atoms with Crippen LogP contribution in [-0.4, -0.2) is 51.4 Å². The van der Waals surface area contributed by atoms with Crippen LogP contribution in [0.25, 0.3) is 0 Å². The van der Waals surface area contributed by atoms with Gasteiger partial charge in [-0.3, -0.25) is 23.7 Å². The van der Waals surface area contributed by atoms with Gasteiger partial charge >= 0.3 is 11.9 Å². The predicted octanol–water partition coefficient (Wildman–Crippen LogP) is 7.20. The van der Waals surface area contributed by atoms with E-state index in [9.17, 15) is 42.4 Å². The maximum atomic E-state index is 13.1. The summed E-state index contributed by atoms with van der Waals surface area (Å²) in [6, 6.07) is 0. The molecule has 242 valence electrons. The Balaban J connectivity index is 6.35. The Morgan fingerprint density at radius 1 is 0.667 bits per heavy atom. The highest BCUT2D eigenvalue weighted by atomic mass is 32.2. The van der Waals surface area contributed by atoms with Crippen LogP contribution in [-0.2, 0) is 29.3 Å². The van der Waals surface area contributed by atoms with Gasteiger partial charge in [-0.2, -0.15) is 8.42 Å². The molecule has 0 bridgehead atoms. The molecule has 0 heterocycles. The van der Waals surface area contributed by atoms with Crippen LogP contribution in [0.2, 0.25) is 0 Å². The fraction of sp³-hybridized carbons (Fsp3) is 0.750. The van der Waals surface area contributed by atoms with Crippen molar-refractivity contribution in [2.75, 3.05) is 0 Å². The van der Waals surface area contributed by atoms with Crippen LogP contribution in [0.5, 0.6) is 0 Å². The average molecular weight is 615 g/mol. The van der Waals surface area contributed by atoms with Gasteiger partial charge in [0.15, 0.2) is 11.6 Å². The van der Waals surface area contributed by atoms with Crippen molar-refractivity contribution < 1.29 is 42.4 Å². The number of unbranched alkanes of at least 4 members (excludes halogenated alkanes) is 14. The summed E-state index contributed by atoms with van der Waals surface area (Å²) >= 11 is 0. The molecule has 0 rings (SSSR count). The largest absolute Gasteiger partial charge is 0.481 e. The van der Waals surface area contributed by atoms with Crippen molar-refractivity contribution in [3.8, 4) is 0 Å². The van der Waals surface area contributed by atoms with Crippen LogP contribution in [0.1, 0.15) is 129 Å². The summed E-state index contributed by atoms with van der Waals surface area (Å²) in [7, 11) is -5.75. The van der Waals surface area contributed by atoms with Crippen molar-refractivity contribution in [1.82, 2.24) is 0 Å². The summed E-state index contributed by atoms with van der Waals surface area (Å²) in [6.07, 6.45) is 15.0. The Hall–Kier alpha value is -2.33. The molecule has 0 saturated heterocycles. The maximum absolute atomic E-state index is 13.1. The molecule has 10 heteroatoms. The number of carboxylic acid groups (broad SMARTS) is 2. The number of carbonyl (C=O) groups is 4. The first-order valence-electron chi connectivity index (χ1n) is 15.6. The van der Waals surface area contributed by atoms with E-state index in [1.165, 1.54) is 0 Å². The molecule has 0 fully saturated rings. The van der Waals surface area contributed by atoms with Crippen LogP contribution in [0, 0.1) is 17.8 Å². The lowest BCUT2D eigenvalue weighted by molar-refractivity contribution is -0.159. The molecule has 0 aromatic rings. The van der Waals surface area contributed by atoms with Crippen molar-refractivity contribution in [2.45, 2.75) is 134 Å². The van der Waals surface area contributed by atoms with Gasteiger partial charge in [0, 0.05) is 5.92 Å². The summed E-state index contributed by atoms with van der Waals surface area (Å²) in [5.74, 6) is -12.0. The molecule has 0 aliphatic carbocycles. The molecule has 0 aromatic carbocycles. The number of ketones is 2. The molecule has 42 heavy (non-hydrogen) atoms. The second kappa shape index (κ2) is 21.4. The Morgan fingerprint density at radius 2 is 1.05 bits per heavy atom. The van der Waals surface area contributed by atoms with Crippen LogP contribution < -0.4 is 0 Å². The third-order valence-electron chi connectivity index (χ3n) is 8.24. The van der Waals surface area contributed by atoms with Gasteiger partial charge in [-0.25, -0.2) is 0 Å². The molecule has 0 amide bonds. The van der Waals surface area contributed by atoms with E-state index in [1.807, 2.05) is 0 Å². The topological polar surface area (TPSA) is 163 Å². The molecule has 0 aliphatic heterocycles. The van der Waals surface area contributed by atoms with Crippen LogP contribution in [0.4, 0.5) is 0 Å². The van der Waals surface area contributed by atoms with Crippen LogP contribution in [0.3, 0.4) is 0 Å². The third kappa shape index (κ3) is 12.1. The number of aliphatic carboxylic acids is 2. The number of carboxylic acids is 2. The van der Waals surface area contributed by atoms with Crippen molar-refractivity contribution in [3.05, 3.63) is 25.3 Å². The minimum atomic E-state index is -5.75. The van der Waals surface area contributed by atoms with E-state index in [1.54, 1.807) is 0 Å². The quantitative estimate of drug-likeness (QED) is 0.0469. The lowest BCUT2D eigenvalue weighted by Gasteiger charge is -2.40. The first-order chi connectivity index (χ1) is 19.9. The van der Waals surface area contributed by atoms with E-state index in [2.05, 4.69) is 27.0 Å². The SMILES string of the molecule is C=CC(=O)C(CCCCCCCCCC)C(C(=O)O)C(C(=O)O)(C(CCCCCCCCCC)C(=O)C=C)S(=O)(=O)O. The van der Waals surface area contributed by atoms with Gasteiger partial charge in [-0.15, -0.1) is 0 Å². The lowest BCUT2D eigenvalue weighted by Crippen LogP contribution is -2.64. The first-order valence-corrected chi connectivity index (χ1v) is 17.1. The van der Waals surface area contributed by atoms with Gasteiger partial charge in [0.1, 0.15) is 5.92 Å². The van der Waals surface area contributed by atoms with E-state index in [0.29, 0.717) is 19.3 Å². The molecule has 0 spiro atoms. The third-order valence-corrected chi connectivity index (χ3v) is 9.80. The van der Waals surface area contributed by atoms with Crippen LogP contribution >= 0.6 is 0 Å². The van der Waals surface area contributed by atoms with Crippen LogP contribution in [0.15, 0.2) is 25.3 Å². The molecule has 0 radical (unpaired) electrons. The molecule has 9 nitrogen and oxygen atoms in total. The second-order valence-corrected chi connectivity index (χ2v) is 12.9. The van der Waals surface area contributed by atoms with E-state index in [-0.39, 0.29) is 19.3 Å². The Morgan fingerprint density at radius 3 is 1.38 bits per heavy atom. The van der Waals surface area contributed by atoms with Gasteiger partial charge in [0.2, 0.25) is 4.75 Å². The number of hydrogen-bond acceptors (Lipinski definition) is 6. The minimum absolute atomic E-state index is 0.131. The van der Waals surface area contributed by atoms with Crippen molar-refractivity contribution in [3.63, 3.8) is 0 Å². The standard InChI is InChI=1S/C32H54O9S/c1-5-9-11-13-15-17-19-21-23-25(27(33)7-3)29(30(35)36)32(31(37)38,42(39,40)41)26(28(34)8-4)24-22-20-18-16-14-12-10-6-2/h7-8,25-26,29H,3-6,9-24H2,1-2H3,(H,35,36)(H,37,38)(H,39,40,41). The minimum Gasteiger partial charge on any atom is -0.481 e. The van der Waals surface area contributed by atoms with Gasteiger partial charge < -0.3 is 10.2 Å². The molecule has 0 saturated carbocycles. The molecule has 0 aliphatic rings. The first kappa shape index (κ1) is 39.7. The molecule has 4 atom stereocenters. The van der Waals surface area contributed by atoms with Crippen molar-refractivity contribution in [2.24, 2.45) is 17.8 Å². The summed E-state index contributed by atoms with van der Waals surface area (Å²) < 4.78 is 33.1. The van der Waals surface area contributed by atoms with Gasteiger partial charge in [-0.05, 0) is 25.0 Å². The molecular formula is C32H54O9S. The Labute approximate surface area is 253 Å². The average Bonchev–Trinajstić information content (AvgIpc) is 2.93. The number of allylic oxidation sites excluding steroid dienone is 2. The van der Waals surface area contributed by atoms with E-state index >= 15 is 0 Å². The summed E-state index contributed by atoms with van der Waals surface area (Å²) in [4.78, 5) is 51.7. The van der Waals surface area contributed by atoms with E-state index < -0.39 is 56.1 Å². The smallest absolute Gasteiger partial charge is 0.329 e. The highest BCUT2D eigenvalue weighted by Crippen LogP contribution is 2.44. The fourth-order valence-corrected chi connectivity index (χ4v) is 7.32. The van der Waals surface area contributed by atoms with Gasteiger partial charge in [0.05, 0.1) is 5.92 Å². The molecule has 3 N–H and O–H groups in total. The highest BCUT2D eigenvalue weighted by Gasteiger charge is 2.67. The Kier molecular flexibility index (Phi) is 20.2. The fourth-order valence-electron chi connectivity index (χ4n) is 5.92. The zero-order valence-corrected chi connectivity index (χ0v) is 26.5. The number of rotatable bonds is 28. The zero-order valence-electron chi connectivity index (χ0n) is 25.7. The molecule has 4 unspecified atom stereocenters. The second-order valence-electron chi connectivity index (χ2n) is 11.3. The van der Waals surface area contributed by atoms with Gasteiger partial charge in [-0.1, -0.05) is 130 Å². The zero-order chi connectivity index (χ0) is 32.2. The van der Waals surface area contributed by atoms with E-state index in [0.717, 1.165) is 89.2 Å². The van der Waals surface area contributed by atoms with Crippen molar-refractivity contribution >= 4 is 33.6 Å². The van der Waals surface area contributed by atoms with Crippen molar-refractivity contribution in [1.29, 1.82) is 0 Å². The summed E-state index contributed by atoms with van der Waals surface area (Å²) in [6.45, 7) is 11.0. The van der Waals surface area contributed by atoms with Gasteiger partial charge in [0.25, 0.3) is 10.1 Å². The lowest BCUT2D eigenvalue weighted by atomic mass is 9.68. The maximum Gasteiger partial charge on any atom is 0.329 e. The summed E-state index contributed by atoms with van der Waals surface area (Å²) in [5, 5.41) is 20.7. The van der Waals surface area contributed by atoms with E-state index in [4.69, 9.17) is 0 Å². The normalized spacial score (nSPS) is 15.2. The summed E-state index contributed by atoms with van der Waals surface area (Å²) in [5.41, 5.74) is 0. The molecule has 0 aromatic heterocycles. The highest BCUT2D eigenvalue weighted by molar-refractivity contribution is 7.88. The monoisotopic (exact) mass is 614 g/mol. The number of carbonyl (C=O) groups excluding carboxylic acids is 2. The predicted molar refractivity (Wildman–Crippen MR) is 165 cm³/mol.